The van der Waals surface area contributed by atoms with E-state index in [2.05, 4.69) is 38.7 Å². The van der Waals surface area contributed by atoms with Gasteiger partial charge in [-0.15, -0.1) is 0 Å². The Kier molecular flexibility index (Phi) is 4.53. The smallest absolute Gasteiger partial charge is 0.145 e. The minimum Gasteiger partial charge on any atom is -0.381 e. The van der Waals surface area contributed by atoms with Crippen LogP contribution in [0.3, 0.4) is 0 Å². The first-order chi connectivity index (χ1) is 12.3. The molecule has 3 aliphatic rings. The molecule has 4 rings (SSSR count). The third kappa shape index (κ3) is 2.85. The molecule has 142 valence electrons. The van der Waals surface area contributed by atoms with Crippen molar-refractivity contribution >= 4 is 0 Å². The average Bonchev–Trinajstić information content (AvgIpc) is 2.74. The largest absolute Gasteiger partial charge is 0.381 e. The Bertz CT molecular complexity index is 683. The molecule has 26 heavy (non-hydrogen) atoms. The molecule has 0 bridgehead atoms. The van der Waals surface area contributed by atoms with E-state index in [1.54, 1.807) is 0 Å². The van der Waals surface area contributed by atoms with Gasteiger partial charge in [0.25, 0.3) is 0 Å². The van der Waals surface area contributed by atoms with Crippen LogP contribution in [0.2, 0.25) is 0 Å². The molecule has 0 spiro atoms. The van der Waals surface area contributed by atoms with Gasteiger partial charge in [-0.2, -0.15) is 0 Å². The van der Waals surface area contributed by atoms with E-state index < -0.39 is 5.60 Å². The normalized spacial score (nSPS) is 40.1. The molecule has 5 atom stereocenters. The van der Waals surface area contributed by atoms with E-state index in [9.17, 15) is 5.11 Å². The second-order valence-electron chi connectivity index (χ2n) is 9.38. The molecule has 1 saturated heterocycles. The maximum atomic E-state index is 11.9. The summed E-state index contributed by atoms with van der Waals surface area (Å²) in [6.07, 6.45) is 6.35. The Labute approximate surface area is 158 Å². The number of fused-ring (bicyclic) bond motifs is 2. The first kappa shape index (κ1) is 18.2. The summed E-state index contributed by atoms with van der Waals surface area (Å²) in [6.45, 7) is 10.1. The standard InChI is InChI=1S/C23H33NO2/c1-16-10-11-19-20(14-16)26-21-23(25,18-8-6-5-7-9-18)13-12-17(2)15-24(21)22(19,3)4/h5-9,12,16,19-21,25H,10-11,13-15H2,1-4H3/t16-,19-,20-,21+,23+/m1/s1. The van der Waals surface area contributed by atoms with Crippen molar-refractivity contribution in [2.45, 2.75) is 76.9 Å². The summed E-state index contributed by atoms with van der Waals surface area (Å²) in [7, 11) is 0. The molecule has 1 aromatic rings. The van der Waals surface area contributed by atoms with Crippen molar-refractivity contribution < 1.29 is 9.84 Å². The van der Waals surface area contributed by atoms with Crippen molar-refractivity contribution in [3.05, 3.63) is 47.5 Å². The monoisotopic (exact) mass is 355 g/mol. The molecule has 2 fully saturated rings. The van der Waals surface area contributed by atoms with E-state index in [1.807, 2.05) is 30.3 Å². The molecule has 1 N–H and O–H groups in total. The molecule has 3 heteroatoms. The molecule has 2 heterocycles. The molecule has 1 aliphatic carbocycles. The summed E-state index contributed by atoms with van der Waals surface area (Å²) in [5.74, 6) is 1.23. The van der Waals surface area contributed by atoms with Gasteiger partial charge in [0.15, 0.2) is 0 Å². The summed E-state index contributed by atoms with van der Waals surface area (Å²) in [5, 5.41) is 11.9. The summed E-state index contributed by atoms with van der Waals surface area (Å²) in [6, 6.07) is 10.1. The zero-order chi connectivity index (χ0) is 18.5. The van der Waals surface area contributed by atoms with E-state index in [4.69, 9.17) is 4.74 Å². The fourth-order valence-electron chi connectivity index (χ4n) is 5.45. The lowest BCUT2D eigenvalue weighted by Gasteiger charge is -2.59. The van der Waals surface area contributed by atoms with Gasteiger partial charge in [-0.1, -0.05) is 55.3 Å². The quantitative estimate of drug-likeness (QED) is 0.755. The van der Waals surface area contributed by atoms with Gasteiger partial charge in [0.05, 0.1) is 6.10 Å². The van der Waals surface area contributed by atoms with Crippen LogP contribution in [0.25, 0.3) is 0 Å². The van der Waals surface area contributed by atoms with E-state index in [-0.39, 0.29) is 17.9 Å². The molecule has 2 aliphatic heterocycles. The molecule has 0 radical (unpaired) electrons. The van der Waals surface area contributed by atoms with Gasteiger partial charge in [0.1, 0.15) is 11.8 Å². The Morgan fingerprint density at radius 3 is 2.62 bits per heavy atom. The van der Waals surface area contributed by atoms with Gasteiger partial charge in [0, 0.05) is 24.4 Å². The van der Waals surface area contributed by atoms with Crippen molar-refractivity contribution in [1.82, 2.24) is 4.90 Å². The molecular weight excluding hydrogens is 322 g/mol. The topological polar surface area (TPSA) is 32.7 Å². The minimum atomic E-state index is -1.01. The number of hydrogen-bond acceptors (Lipinski definition) is 3. The number of aliphatic hydroxyl groups is 1. The van der Waals surface area contributed by atoms with Crippen LogP contribution in [0.15, 0.2) is 42.0 Å². The van der Waals surface area contributed by atoms with E-state index in [0.717, 1.165) is 18.5 Å². The number of rotatable bonds is 1. The fourth-order valence-corrected chi connectivity index (χ4v) is 5.45. The molecule has 1 aromatic carbocycles. The fraction of sp³-hybridized carbons (Fsp3) is 0.652. The Hall–Kier alpha value is -1.16. The van der Waals surface area contributed by atoms with E-state index in [1.165, 1.54) is 18.4 Å². The zero-order valence-electron chi connectivity index (χ0n) is 16.6. The summed E-state index contributed by atoms with van der Waals surface area (Å²) in [5.41, 5.74) is 1.28. The lowest BCUT2D eigenvalue weighted by atomic mass is 9.69. The highest BCUT2D eigenvalue weighted by Crippen LogP contribution is 2.50. The first-order valence-corrected chi connectivity index (χ1v) is 10.2. The van der Waals surface area contributed by atoms with Crippen LogP contribution in [0, 0.1) is 11.8 Å². The summed E-state index contributed by atoms with van der Waals surface area (Å²) >= 11 is 0. The molecule has 0 aromatic heterocycles. The van der Waals surface area contributed by atoms with Gasteiger partial charge >= 0.3 is 0 Å². The number of hydrogen-bond donors (Lipinski definition) is 1. The molecule has 0 amide bonds. The number of ether oxygens (including phenoxy) is 1. The predicted octanol–water partition coefficient (Wildman–Crippen LogP) is 4.47. The second-order valence-corrected chi connectivity index (χ2v) is 9.38. The maximum absolute atomic E-state index is 11.9. The van der Waals surface area contributed by atoms with Crippen molar-refractivity contribution in [2.75, 3.05) is 6.54 Å². The Balaban J connectivity index is 1.79. The van der Waals surface area contributed by atoms with Crippen LogP contribution in [0.5, 0.6) is 0 Å². The summed E-state index contributed by atoms with van der Waals surface area (Å²) < 4.78 is 6.74. The van der Waals surface area contributed by atoms with Crippen molar-refractivity contribution in [1.29, 1.82) is 0 Å². The van der Waals surface area contributed by atoms with Crippen LogP contribution in [-0.2, 0) is 10.3 Å². The average molecular weight is 356 g/mol. The third-order valence-corrected chi connectivity index (χ3v) is 7.15. The van der Waals surface area contributed by atoms with Gasteiger partial charge in [0.2, 0.25) is 0 Å². The van der Waals surface area contributed by atoms with Gasteiger partial charge in [-0.3, -0.25) is 4.90 Å². The Morgan fingerprint density at radius 1 is 1.15 bits per heavy atom. The van der Waals surface area contributed by atoms with Crippen LogP contribution in [0.4, 0.5) is 0 Å². The van der Waals surface area contributed by atoms with Crippen molar-refractivity contribution in [3.63, 3.8) is 0 Å². The second kappa shape index (κ2) is 6.47. The van der Waals surface area contributed by atoms with Gasteiger partial charge < -0.3 is 9.84 Å². The predicted molar refractivity (Wildman–Crippen MR) is 105 cm³/mol. The van der Waals surface area contributed by atoms with Gasteiger partial charge in [-0.25, -0.2) is 0 Å². The number of benzene rings is 1. The van der Waals surface area contributed by atoms with Crippen LogP contribution >= 0.6 is 0 Å². The van der Waals surface area contributed by atoms with Gasteiger partial charge in [-0.05, 0) is 45.1 Å². The highest BCUT2D eigenvalue weighted by molar-refractivity contribution is 5.28. The van der Waals surface area contributed by atoms with Crippen molar-refractivity contribution in [3.8, 4) is 0 Å². The Morgan fingerprint density at radius 2 is 1.88 bits per heavy atom. The molecule has 0 unspecified atom stereocenters. The third-order valence-electron chi connectivity index (χ3n) is 7.15. The minimum absolute atomic E-state index is 0.00984. The van der Waals surface area contributed by atoms with Crippen LogP contribution < -0.4 is 0 Å². The van der Waals surface area contributed by atoms with E-state index >= 15 is 0 Å². The lowest BCUT2D eigenvalue weighted by Crippen LogP contribution is -2.68. The summed E-state index contributed by atoms with van der Waals surface area (Å²) in [4.78, 5) is 2.44. The molecule has 1 saturated carbocycles. The van der Waals surface area contributed by atoms with E-state index in [0.29, 0.717) is 18.3 Å². The SMILES string of the molecule is CC1=CC[C@](O)(c2ccccc2)[C@@H]2O[C@@H]3C[C@H](C)CC[C@H]3C(C)(C)N2C1. The molecular formula is C23H33NO2. The highest BCUT2D eigenvalue weighted by Gasteiger charge is 2.56. The van der Waals surface area contributed by atoms with Crippen molar-refractivity contribution in [2.24, 2.45) is 11.8 Å². The van der Waals surface area contributed by atoms with Crippen LogP contribution in [0.1, 0.15) is 58.9 Å². The van der Waals surface area contributed by atoms with Crippen LogP contribution in [-0.4, -0.2) is 34.4 Å². The highest BCUT2D eigenvalue weighted by atomic mass is 16.5. The lowest BCUT2D eigenvalue weighted by molar-refractivity contribution is -0.286. The zero-order valence-corrected chi connectivity index (χ0v) is 16.6. The first-order valence-electron chi connectivity index (χ1n) is 10.2. The number of nitrogens with zero attached hydrogens (tertiary/aromatic N) is 1. The molecule has 3 nitrogen and oxygen atoms in total. The maximum Gasteiger partial charge on any atom is 0.145 e.